The summed E-state index contributed by atoms with van der Waals surface area (Å²) in [5.74, 6) is 2.26. The topological polar surface area (TPSA) is 59.2 Å². The van der Waals surface area contributed by atoms with Crippen molar-refractivity contribution in [1.29, 1.82) is 0 Å². The van der Waals surface area contributed by atoms with Crippen LogP contribution in [0.3, 0.4) is 0 Å². The Morgan fingerprint density at radius 1 is 1.86 bits per heavy atom. The number of carbonyl (C=O) groups excluding carboxylic acids is 1. The van der Waals surface area contributed by atoms with Crippen LogP contribution in [0.4, 0.5) is 5.13 Å². The van der Waals surface area contributed by atoms with Gasteiger partial charge >= 0.3 is 0 Å². The lowest BCUT2D eigenvalue weighted by Gasteiger charge is -2.15. The molecule has 0 saturated carbocycles. The van der Waals surface area contributed by atoms with Crippen molar-refractivity contribution < 1.29 is 4.79 Å². The first kappa shape index (κ1) is 10.5. The fourth-order valence-corrected chi connectivity index (χ4v) is 1.52. The number of aromatic nitrogens is 1. The number of carbonyl (C=O) groups is 1. The van der Waals surface area contributed by atoms with Gasteiger partial charge in [0.25, 0.3) is 5.91 Å². The number of hydrogen-bond acceptors (Lipinski definition) is 4. The number of nitrogens with zero attached hydrogens (tertiary/aromatic N) is 2. The minimum Gasteiger partial charge on any atom is -0.375 e. The predicted molar refractivity (Wildman–Crippen MR) is 56.9 cm³/mol. The molecular formula is C9H11N3OS. The normalized spacial score (nSPS) is 9.43. The fraction of sp³-hybridized carbons (Fsp3) is 0.333. The molecule has 5 heteroatoms. The first-order valence-electron chi connectivity index (χ1n) is 4.12. The van der Waals surface area contributed by atoms with Crippen LogP contribution in [0.15, 0.2) is 5.38 Å². The van der Waals surface area contributed by atoms with Gasteiger partial charge in [-0.25, -0.2) is 4.98 Å². The zero-order valence-corrected chi connectivity index (χ0v) is 8.67. The van der Waals surface area contributed by atoms with Crippen LogP contribution in [0.25, 0.3) is 0 Å². The summed E-state index contributed by atoms with van der Waals surface area (Å²) in [7, 11) is 0. The molecule has 1 aromatic heterocycles. The van der Waals surface area contributed by atoms with Gasteiger partial charge in [0, 0.05) is 11.9 Å². The number of rotatable bonds is 3. The molecule has 0 unspecified atom stereocenters. The van der Waals surface area contributed by atoms with Crippen molar-refractivity contribution in [3.8, 4) is 12.3 Å². The molecule has 0 aliphatic carbocycles. The molecule has 0 spiro atoms. The minimum absolute atomic E-state index is 0.168. The average molecular weight is 209 g/mol. The summed E-state index contributed by atoms with van der Waals surface area (Å²) < 4.78 is 0. The largest absolute Gasteiger partial charge is 0.375 e. The van der Waals surface area contributed by atoms with E-state index < -0.39 is 0 Å². The number of anilines is 1. The molecule has 0 aliphatic heterocycles. The Hall–Kier alpha value is -1.54. The van der Waals surface area contributed by atoms with Gasteiger partial charge in [0.05, 0.1) is 6.54 Å². The zero-order chi connectivity index (χ0) is 10.6. The Morgan fingerprint density at radius 2 is 2.57 bits per heavy atom. The number of nitrogen functional groups attached to an aromatic ring is 1. The monoisotopic (exact) mass is 209 g/mol. The number of thiazole rings is 1. The van der Waals surface area contributed by atoms with E-state index in [1.54, 1.807) is 5.38 Å². The maximum atomic E-state index is 11.7. The van der Waals surface area contributed by atoms with Crippen molar-refractivity contribution >= 4 is 22.4 Å². The van der Waals surface area contributed by atoms with Crippen LogP contribution in [-0.2, 0) is 0 Å². The molecule has 1 rings (SSSR count). The molecule has 0 bridgehead atoms. The minimum atomic E-state index is -0.168. The molecule has 0 fully saturated rings. The summed E-state index contributed by atoms with van der Waals surface area (Å²) >= 11 is 1.25. The second-order valence-corrected chi connectivity index (χ2v) is 3.48. The van der Waals surface area contributed by atoms with Gasteiger partial charge in [-0.2, -0.15) is 0 Å². The smallest absolute Gasteiger partial charge is 0.274 e. The van der Waals surface area contributed by atoms with E-state index >= 15 is 0 Å². The summed E-state index contributed by atoms with van der Waals surface area (Å²) in [6.45, 7) is 2.73. The van der Waals surface area contributed by atoms with Crippen LogP contribution < -0.4 is 5.73 Å². The highest BCUT2D eigenvalue weighted by Crippen LogP contribution is 2.12. The van der Waals surface area contributed by atoms with E-state index in [1.165, 1.54) is 16.2 Å². The molecule has 0 atom stereocenters. The van der Waals surface area contributed by atoms with Gasteiger partial charge in [0.1, 0.15) is 5.69 Å². The third kappa shape index (κ3) is 2.24. The SMILES string of the molecule is C#CCN(CC)C(=O)c1csc(N)n1. The van der Waals surface area contributed by atoms with Crippen LogP contribution in [0.1, 0.15) is 17.4 Å². The number of amides is 1. The third-order valence-corrected chi connectivity index (χ3v) is 2.37. The molecule has 0 aromatic carbocycles. The third-order valence-electron chi connectivity index (χ3n) is 1.69. The van der Waals surface area contributed by atoms with Crippen molar-refractivity contribution in [3.63, 3.8) is 0 Å². The lowest BCUT2D eigenvalue weighted by molar-refractivity contribution is 0.0780. The van der Waals surface area contributed by atoms with E-state index in [1.807, 2.05) is 6.92 Å². The molecule has 1 aromatic rings. The van der Waals surface area contributed by atoms with Gasteiger partial charge in [-0.1, -0.05) is 5.92 Å². The first-order chi connectivity index (χ1) is 6.69. The summed E-state index contributed by atoms with van der Waals surface area (Å²) in [4.78, 5) is 17.1. The van der Waals surface area contributed by atoms with E-state index in [9.17, 15) is 4.79 Å². The Bertz CT molecular complexity index is 366. The first-order valence-corrected chi connectivity index (χ1v) is 5.00. The van der Waals surface area contributed by atoms with E-state index in [-0.39, 0.29) is 5.91 Å². The highest BCUT2D eigenvalue weighted by atomic mass is 32.1. The Morgan fingerprint density at radius 3 is 3.00 bits per heavy atom. The molecule has 74 valence electrons. The quantitative estimate of drug-likeness (QED) is 0.750. The molecule has 0 saturated heterocycles. The zero-order valence-electron chi connectivity index (χ0n) is 7.86. The molecular weight excluding hydrogens is 198 g/mol. The molecule has 14 heavy (non-hydrogen) atoms. The van der Waals surface area contributed by atoms with Gasteiger partial charge < -0.3 is 10.6 Å². The maximum absolute atomic E-state index is 11.7. The molecule has 4 nitrogen and oxygen atoms in total. The van der Waals surface area contributed by atoms with Crippen molar-refractivity contribution in [1.82, 2.24) is 9.88 Å². The van der Waals surface area contributed by atoms with Gasteiger partial charge in [0.2, 0.25) is 0 Å². The molecule has 0 aliphatic rings. The Kier molecular flexibility index (Phi) is 3.48. The molecule has 0 radical (unpaired) electrons. The summed E-state index contributed by atoms with van der Waals surface area (Å²) in [5, 5.41) is 2.03. The van der Waals surface area contributed by atoms with Crippen molar-refractivity contribution in [3.05, 3.63) is 11.1 Å². The Balaban J connectivity index is 2.78. The van der Waals surface area contributed by atoms with E-state index in [0.29, 0.717) is 23.9 Å². The van der Waals surface area contributed by atoms with Crippen LogP contribution in [0.5, 0.6) is 0 Å². The van der Waals surface area contributed by atoms with E-state index in [2.05, 4.69) is 10.9 Å². The lowest BCUT2D eigenvalue weighted by atomic mass is 10.4. The molecule has 2 N–H and O–H groups in total. The van der Waals surface area contributed by atoms with Crippen molar-refractivity contribution in [2.75, 3.05) is 18.8 Å². The van der Waals surface area contributed by atoms with Crippen LogP contribution in [0.2, 0.25) is 0 Å². The van der Waals surface area contributed by atoms with E-state index in [4.69, 9.17) is 12.2 Å². The van der Waals surface area contributed by atoms with Gasteiger partial charge in [-0.15, -0.1) is 17.8 Å². The van der Waals surface area contributed by atoms with Gasteiger partial charge in [-0.05, 0) is 6.92 Å². The molecule has 1 amide bonds. The lowest BCUT2D eigenvalue weighted by Crippen LogP contribution is -2.31. The average Bonchev–Trinajstić information content (AvgIpc) is 2.60. The van der Waals surface area contributed by atoms with Crippen LogP contribution in [0, 0.1) is 12.3 Å². The van der Waals surface area contributed by atoms with E-state index in [0.717, 1.165) is 0 Å². The summed E-state index contributed by atoms with van der Waals surface area (Å²) in [5.41, 5.74) is 5.79. The standard InChI is InChI=1S/C9H11N3OS/c1-3-5-12(4-2)8(13)7-6-14-9(10)11-7/h1,6H,4-5H2,2H3,(H2,10,11). The number of nitrogens with two attached hydrogens (primary N) is 1. The van der Waals surface area contributed by atoms with Gasteiger partial charge in [-0.3, -0.25) is 4.79 Å². The Labute approximate surface area is 86.7 Å². The van der Waals surface area contributed by atoms with Crippen LogP contribution in [-0.4, -0.2) is 28.9 Å². The number of terminal acetylenes is 1. The highest BCUT2D eigenvalue weighted by Gasteiger charge is 2.15. The summed E-state index contributed by atoms with van der Waals surface area (Å²) in [6, 6.07) is 0. The van der Waals surface area contributed by atoms with Crippen LogP contribution >= 0.6 is 11.3 Å². The number of hydrogen-bond donors (Lipinski definition) is 1. The second-order valence-electron chi connectivity index (χ2n) is 2.59. The summed E-state index contributed by atoms with van der Waals surface area (Å²) in [6.07, 6.45) is 5.14. The highest BCUT2D eigenvalue weighted by molar-refractivity contribution is 7.13. The second kappa shape index (κ2) is 4.63. The predicted octanol–water partition coefficient (Wildman–Crippen LogP) is 0.821. The van der Waals surface area contributed by atoms with Gasteiger partial charge in [0.15, 0.2) is 5.13 Å². The maximum Gasteiger partial charge on any atom is 0.274 e. The molecule has 1 heterocycles. The van der Waals surface area contributed by atoms with Crippen molar-refractivity contribution in [2.45, 2.75) is 6.92 Å². The fourth-order valence-electron chi connectivity index (χ4n) is 0.985. The van der Waals surface area contributed by atoms with Crippen molar-refractivity contribution in [2.24, 2.45) is 0 Å².